The molecule has 2 aromatic heterocycles. The van der Waals surface area contributed by atoms with Crippen LogP contribution >= 0.6 is 11.3 Å². The lowest BCUT2D eigenvalue weighted by atomic mass is 9.98. The zero-order chi connectivity index (χ0) is 14.8. The van der Waals surface area contributed by atoms with Gasteiger partial charge in [-0.05, 0) is 35.9 Å². The van der Waals surface area contributed by atoms with E-state index in [1.165, 1.54) is 21.2 Å². The summed E-state index contributed by atoms with van der Waals surface area (Å²) in [5, 5.41) is 2.09. The summed E-state index contributed by atoms with van der Waals surface area (Å²) in [6.07, 6.45) is 4.83. The van der Waals surface area contributed by atoms with Crippen LogP contribution in [0, 0.1) is 0 Å². The van der Waals surface area contributed by atoms with Crippen molar-refractivity contribution < 1.29 is 4.79 Å². The Labute approximate surface area is 126 Å². The normalized spacial score (nSPS) is 17.6. The van der Waals surface area contributed by atoms with Crippen LogP contribution in [0.4, 0.5) is 0 Å². The minimum Gasteiger partial charge on any atom is -0.334 e. The second kappa shape index (κ2) is 5.81. The summed E-state index contributed by atoms with van der Waals surface area (Å²) in [5.74, 6) is -0.0196. The van der Waals surface area contributed by atoms with Gasteiger partial charge in [0.15, 0.2) is 0 Å². The third-order valence-corrected chi connectivity index (χ3v) is 4.89. The van der Waals surface area contributed by atoms with E-state index in [2.05, 4.69) is 23.4 Å². The van der Waals surface area contributed by atoms with Crippen molar-refractivity contribution in [1.29, 1.82) is 0 Å². The highest BCUT2D eigenvalue weighted by atomic mass is 32.1. The van der Waals surface area contributed by atoms with Gasteiger partial charge in [0.2, 0.25) is 5.91 Å². The fourth-order valence-corrected chi connectivity index (χ4v) is 3.81. The highest BCUT2D eigenvalue weighted by Gasteiger charge is 2.30. The van der Waals surface area contributed by atoms with Gasteiger partial charge in [-0.25, -0.2) is 9.78 Å². The van der Waals surface area contributed by atoms with Gasteiger partial charge in [0.1, 0.15) is 6.54 Å². The molecule has 0 saturated carbocycles. The molecular formula is C15H17N3O2S. The molecule has 5 nitrogen and oxygen atoms in total. The summed E-state index contributed by atoms with van der Waals surface area (Å²) in [6.45, 7) is 2.87. The molecule has 0 N–H and O–H groups in total. The van der Waals surface area contributed by atoms with E-state index in [1.807, 2.05) is 4.90 Å². The fraction of sp³-hybridized carbons (Fsp3) is 0.400. The van der Waals surface area contributed by atoms with Gasteiger partial charge in [-0.1, -0.05) is 6.92 Å². The molecule has 1 aliphatic rings. The molecule has 0 aromatic carbocycles. The third kappa shape index (κ3) is 2.63. The molecule has 1 amide bonds. The van der Waals surface area contributed by atoms with Crippen LogP contribution in [0.2, 0.25) is 0 Å². The highest BCUT2D eigenvalue weighted by molar-refractivity contribution is 7.10. The molecule has 0 radical (unpaired) electrons. The molecule has 21 heavy (non-hydrogen) atoms. The Balaban J connectivity index is 1.82. The van der Waals surface area contributed by atoms with Gasteiger partial charge in [0, 0.05) is 23.8 Å². The van der Waals surface area contributed by atoms with Crippen molar-refractivity contribution in [3.8, 4) is 0 Å². The summed E-state index contributed by atoms with van der Waals surface area (Å²) in [7, 11) is 0. The number of amides is 1. The fourth-order valence-electron chi connectivity index (χ4n) is 2.88. The maximum absolute atomic E-state index is 12.6. The van der Waals surface area contributed by atoms with E-state index in [0.29, 0.717) is 0 Å². The van der Waals surface area contributed by atoms with Crippen LogP contribution in [-0.2, 0) is 17.8 Å². The highest BCUT2D eigenvalue weighted by Crippen LogP contribution is 2.35. The molecule has 6 heteroatoms. The zero-order valence-corrected chi connectivity index (χ0v) is 12.7. The van der Waals surface area contributed by atoms with E-state index in [4.69, 9.17) is 0 Å². The Morgan fingerprint density at radius 2 is 2.38 bits per heavy atom. The Morgan fingerprint density at radius 3 is 3.14 bits per heavy atom. The van der Waals surface area contributed by atoms with Crippen LogP contribution in [0.5, 0.6) is 0 Å². The lowest BCUT2D eigenvalue weighted by molar-refractivity contribution is -0.135. The average molecular weight is 303 g/mol. The number of thiophene rings is 1. The van der Waals surface area contributed by atoms with Crippen LogP contribution in [0.25, 0.3) is 0 Å². The topological polar surface area (TPSA) is 55.2 Å². The Kier molecular flexibility index (Phi) is 3.88. The summed E-state index contributed by atoms with van der Waals surface area (Å²) in [4.78, 5) is 31.1. The lowest BCUT2D eigenvalue weighted by Crippen LogP contribution is -2.42. The number of fused-ring (bicyclic) bond motifs is 1. The molecule has 0 saturated heterocycles. The van der Waals surface area contributed by atoms with Gasteiger partial charge in [-0.2, -0.15) is 0 Å². The van der Waals surface area contributed by atoms with Crippen molar-refractivity contribution in [3.05, 3.63) is 50.8 Å². The van der Waals surface area contributed by atoms with E-state index in [0.717, 1.165) is 19.4 Å². The van der Waals surface area contributed by atoms with Crippen LogP contribution in [0.1, 0.15) is 29.8 Å². The monoisotopic (exact) mass is 303 g/mol. The van der Waals surface area contributed by atoms with E-state index >= 15 is 0 Å². The first kappa shape index (κ1) is 14.0. The van der Waals surface area contributed by atoms with Gasteiger partial charge >= 0.3 is 5.69 Å². The molecule has 0 bridgehead atoms. The molecule has 1 unspecified atom stereocenters. The SMILES string of the molecule is CCC1c2ccsc2CCN1C(=O)Cn1cccnc1=O. The average Bonchev–Trinajstić information content (AvgIpc) is 2.97. The summed E-state index contributed by atoms with van der Waals surface area (Å²) >= 11 is 1.76. The largest absolute Gasteiger partial charge is 0.347 e. The number of carbonyl (C=O) groups excluding carboxylic acids is 1. The Hall–Kier alpha value is -1.95. The molecule has 2 aromatic rings. The molecule has 3 heterocycles. The van der Waals surface area contributed by atoms with Gasteiger partial charge in [0.25, 0.3) is 0 Å². The molecular weight excluding hydrogens is 286 g/mol. The standard InChI is InChI=1S/C15H17N3O2S/c1-2-12-11-5-9-21-13(11)4-8-18(12)14(19)10-17-7-3-6-16-15(17)20/h3,5-7,9,12H,2,4,8,10H2,1H3. The van der Waals surface area contributed by atoms with Crippen LogP contribution in [0.3, 0.4) is 0 Å². The molecule has 1 aliphatic heterocycles. The maximum atomic E-state index is 12.6. The van der Waals surface area contributed by atoms with E-state index in [9.17, 15) is 9.59 Å². The molecule has 0 fully saturated rings. The van der Waals surface area contributed by atoms with Crippen molar-refractivity contribution in [1.82, 2.24) is 14.5 Å². The number of carbonyl (C=O) groups is 1. The van der Waals surface area contributed by atoms with Gasteiger partial charge in [-0.15, -0.1) is 11.3 Å². The second-order valence-corrected chi connectivity index (χ2v) is 6.09. The van der Waals surface area contributed by atoms with Crippen molar-refractivity contribution in [2.45, 2.75) is 32.4 Å². The molecule has 110 valence electrons. The van der Waals surface area contributed by atoms with Crippen molar-refractivity contribution in [2.24, 2.45) is 0 Å². The quantitative estimate of drug-likeness (QED) is 0.869. The van der Waals surface area contributed by atoms with Crippen LogP contribution in [-0.4, -0.2) is 26.9 Å². The third-order valence-electron chi connectivity index (χ3n) is 3.89. The number of hydrogen-bond donors (Lipinski definition) is 0. The molecule has 0 aliphatic carbocycles. The predicted molar refractivity (Wildman–Crippen MR) is 81.3 cm³/mol. The lowest BCUT2D eigenvalue weighted by Gasteiger charge is -2.35. The molecule has 0 spiro atoms. The number of nitrogens with zero attached hydrogens (tertiary/aromatic N) is 3. The smallest absolute Gasteiger partial charge is 0.334 e. The number of aromatic nitrogens is 2. The van der Waals surface area contributed by atoms with E-state index < -0.39 is 0 Å². The Morgan fingerprint density at radius 1 is 1.52 bits per heavy atom. The van der Waals surface area contributed by atoms with Gasteiger partial charge < -0.3 is 4.90 Å². The predicted octanol–water partition coefficient (Wildman–Crippen LogP) is 1.84. The number of hydrogen-bond acceptors (Lipinski definition) is 4. The first-order valence-corrected chi connectivity index (χ1v) is 7.96. The molecule has 3 rings (SSSR count). The summed E-state index contributed by atoms with van der Waals surface area (Å²) in [6, 6.07) is 3.91. The first-order chi connectivity index (χ1) is 10.2. The maximum Gasteiger partial charge on any atom is 0.347 e. The van der Waals surface area contributed by atoms with E-state index in [1.54, 1.807) is 23.6 Å². The minimum atomic E-state index is -0.382. The van der Waals surface area contributed by atoms with Crippen molar-refractivity contribution >= 4 is 17.2 Å². The summed E-state index contributed by atoms with van der Waals surface area (Å²) in [5.41, 5.74) is 0.882. The van der Waals surface area contributed by atoms with Gasteiger partial charge in [0.05, 0.1) is 6.04 Å². The first-order valence-electron chi connectivity index (χ1n) is 7.08. The molecule has 1 atom stereocenters. The van der Waals surface area contributed by atoms with Crippen LogP contribution in [0.15, 0.2) is 34.7 Å². The van der Waals surface area contributed by atoms with Crippen molar-refractivity contribution in [3.63, 3.8) is 0 Å². The Bertz CT molecular complexity index is 707. The second-order valence-electron chi connectivity index (χ2n) is 5.09. The van der Waals surface area contributed by atoms with Crippen LogP contribution < -0.4 is 5.69 Å². The van der Waals surface area contributed by atoms with Crippen molar-refractivity contribution in [2.75, 3.05) is 6.54 Å². The van der Waals surface area contributed by atoms with E-state index in [-0.39, 0.29) is 24.2 Å². The minimum absolute atomic E-state index is 0.0196. The summed E-state index contributed by atoms with van der Waals surface area (Å²) < 4.78 is 1.36. The zero-order valence-electron chi connectivity index (χ0n) is 11.9. The number of rotatable bonds is 3. The van der Waals surface area contributed by atoms with Gasteiger partial charge in [-0.3, -0.25) is 9.36 Å².